The summed E-state index contributed by atoms with van der Waals surface area (Å²) in [5, 5.41) is 19.8. The minimum Gasteiger partial charge on any atom is -0.449 e. The minimum absolute atomic E-state index is 0.0379. The maximum atomic E-state index is 10.9. The molecule has 0 saturated heterocycles. The van der Waals surface area contributed by atoms with Crippen molar-refractivity contribution in [2.45, 2.75) is 0 Å². The topological polar surface area (TPSA) is 76.2 Å². The molecule has 0 saturated carbocycles. The molecule has 0 aliphatic carbocycles. The Labute approximate surface area is 117 Å². The van der Waals surface area contributed by atoms with E-state index < -0.39 is 4.92 Å². The molecule has 0 N–H and O–H groups in total. The van der Waals surface area contributed by atoms with E-state index in [1.54, 1.807) is 24.3 Å². The van der Waals surface area contributed by atoms with Crippen molar-refractivity contribution in [2.75, 3.05) is 0 Å². The number of nitriles is 1. The van der Waals surface area contributed by atoms with Gasteiger partial charge in [0.25, 0.3) is 0 Å². The molecule has 0 aliphatic rings. The number of halogens is 1. The van der Waals surface area contributed by atoms with Crippen molar-refractivity contribution in [3.05, 3.63) is 62.6 Å². The lowest BCUT2D eigenvalue weighted by Crippen LogP contribution is -1.94. The lowest BCUT2D eigenvalue weighted by Gasteiger charge is -2.08. The Morgan fingerprint density at radius 2 is 1.95 bits per heavy atom. The molecule has 5 nitrogen and oxygen atoms in total. The molecular formula is C13H7BrN2O3. The summed E-state index contributed by atoms with van der Waals surface area (Å²) in [5.74, 6) is 0.483. The summed E-state index contributed by atoms with van der Waals surface area (Å²) in [5.41, 5.74) is 0.113. The molecule has 2 aromatic rings. The van der Waals surface area contributed by atoms with Crippen LogP contribution in [0.1, 0.15) is 5.56 Å². The zero-order valence-electron chi connectivity index (χ0n) is 9.54. The molecule has 0 radical (unpaired) electrons. The van der Waals surface area contributed by atoms with Gasteiger partial charge in [-0.3, -0.25) is 10.1 Å². The summed E-state index contributed by atoms with van der Waals surface area (Å²) < 4.78 is 6.18. The summed E-state index contributed by atoms with van der Waals surface area (Å²) in [6, 6.07) is 12.9. The van der Waals surface area contributed by atoms with Gasteiger partial charge in [0.2, 0.25) is 5.75 Å². The van der Waals surface area contributed by atoms with Crippen LogP contribution in [0, 0.1) is 21.4 Å². The first kappa shape index (κ1) is 13.1. The standard InChI is InChI=1S/C13H7BrN2O3/c14-10-3-1-2-4-12(10)19-13-7-9(8-15)5-6-11(13)16(17)18/h1-7H. The van der Waals surface area contributed by atoms with Gasteiger partial charge in [0.05, 0.1) is 21.0 Å². The zero-order chi connectivity index (χ0) is 13.8. The van der Waals surface area contributed by atoms with Crippen LogP contribution in [0.4, 0.5) is 5.69 Å². The molecule has 0 aliphatic heterocycles. The second-order valence-corrected chi connectivity index (χ2v) is 4.44. The van der Waals surface area contributed by atoms with Gasteiger partial charge >= 0.3 is 5.69 Å². The predicted octanol–water partition coefficient (Wildman–Crippen LogP) is 4.02. The van der Waals surface area contributed by atoms with E-state index in [9.17, 15) is 10.1 Å². The van der Waals surface area contributed by atoms with E-state index in [2.05, 4.69) is 15.9 Å². The highest BCUT2D eigenvalue weighted by Gasteiger charge is 2.17. The zero-order valence-corrected chi connectivity index (χ0v) is 11.1. The fourth-order valence-corrected chi connectivity index (χ4v) is 1.83. The van der Waals surface area contributed by atoms with Gasteiger partial charge in [-0.25, -0.2) is 0 Å². The van der Waals surface area contributed by atoms with Crippen molar-refractivity contribution in [2.24, 2.45) is 0 Å². The summed E-state index contributed by atoms with van der Waals surface area (Å²) in [7, 11) is 0. The van der Waals surface area contributed by atoms with Crippen LogP contribution in [-0.2, 0) is 0 Å². The van der Waals surface area contributed by atoms with Crippen LogP contribution >= 0.6 is 15.9 Å². The first-order valence-electron chi connectivity index (χ1n) is 5.22. The number of nitro benzene ring substituents is 1. The molecule has 0 unspecified atom stereocenters. The normalized spacial score (nSPS) is 9.68. The van der Waals surface area contributed by atoms with Gasteiger partial charge < -0.3 is 4.74 Å². The number of hydrogen-bond donors (Lipinski definition) is 0. The van der Waals surface area contributed by atoms with E-state index in [4.69, 9.17) is 10.00 Å². The van der Waals surface area contributed by atoms with Gasteiger partial charge in [0.1, 0.15) is 5.75 Å². The van der Waals surface area contributed by atoms with E-state index in [1.165, 1.54) is 18.2 Å². The third kappa shape index (κ3) is 2.89. The molecule has 0 fully saturated rings. The number of hydrogen-bond acceptors (Lipinski definition) is 4. The van der Waals surface area contributed by atoms with Crippen molar-refractivity contribution >= 4 is 21.6 Å². The average Bonchev–Trinajstić information content (AvgIpc) is 2.41. The number of para-hydroxylation sites is 1. The van der Waals surface area contributed by atoms with Crippen LogP contribution in [-0.4, -0.2) is 4.92 Å². The van der Waals surface area contributed by atoms with Crippen molar-refractivity contribution in [1.29, 1.82) is 5.26 Å². The van der Waals surface area contributed by atoms with Gasteiger partial charge in [0, 0.05) is 12.1 Å². The van der Waals surface area contributed by atoms with Crippen LogP contribution in [0.3, 0.4) is 0 Å². The summed E-state index contributed by atoms with van der Waals surface area (Å²) >= 11 is 3.29. The molecule has 6 heteroatoms. The van der Waals surface area contributed by atoms with Crippen LogP contribution in [0.5, 0.6) is 11.5 Å². The highest BCUT2D eigenvalue weighted by molar-refractivity contribution is 9.10. The van der Waals surface area contributed by atoms with E-state index >= 15 is 0 Å². The molecule has 19 heavy (non-hydrogen) atoms. The van der Waals surface area contributed by atoms with Gasteiger partial charge in [0.15, 0.2) is 0 Å². The molecule has 0 spiro atoms. The smallest absolute Gasteiger partial charge is 0.311 e. The summed E-state index contributed by atoms with van der Waals surface area (Å²) in [6.07, 6.45) is 0. The van der Waals surface area contributed by atoms with Gasteiger partial charge in [-0.15, -0.1) is 0 Å². The van der Waals surface area contributed by atoms with E-state index in [0.717, 1.165) is 0 Å². The van der Waals surface area contributed by atoms with Crippen molar-refractivity contribution in [3.63, 3.8) is 0 Å². The Balaban J connectivity index is 2.46. The Hall–Kier alpha value is -2.39. The van der Waals surface area contributed by atoms with Crippen molar-refractivity contribution in [1.82, 2.24) is 0 Å². The SMILES string of the molecule is N#Cc1ccc([N+](=O)[O-])c(Oc2ccccc2Br)c1. The van der Waals surface area contributed by atoms with E-state index in [-0.39, 0.29) is 11.4 Å². The fraction of sp³-hybridized carbons (Fsp3) is 0. The largest absolute Gasteiger partial charge is 0.449 e. The van der Waals surface area contributed by atoms with Gasteiger partial charge in [-0.1, -0.05) is 12.1 Å². The van der Waals surface area contributed by atoms with Crippen molar-refractivity contribution in [3.8, 4) is 17.6 Å². The molecule has 0 aromatic heterocycles. The molecule has 0 atom stereocenters. The minimum atomic E-state index is -0.548. The fourth-order valence-electron chi connectivity index (χ4n) is 1.46. The third-order valence-electron chi connectivity index (χ3n) is 2.34. The molecule has 0 bridgehead atoms. The molecule has 2 aromatic carbocycles. The van der Waals surface area contributed by atoms with Crippen LogP contribution in [0.15, 0.2) is 46.9 Å². The Morgan fingerprint density at radius 3 is 2.58 bits per heavy atom. The van der Waals surface area contributed by atoms with Crippen LogP contribution < -0.4 is 4.74 Å². The quantitative estimate of drug-likeness (QED) is 0.632. The highest BCUT2D eigenvalue weighted by atomic mass is 79.9. The number of nitrogens with zero attached hydrogens (tertiary/aromatic N) is 2. The van der Waals surface area contributed by atoms with Crippen molar-refractivity contribution < 1.29 is 9.66 Å². The molecular weight excluding hydrogens is 312 g/mol. The third-order valence-corrected chi connectivity index (χ3v) is 3.00. The first-order valence-corrected chi connectivity index (χ1v) is 6.02. The summed E-state index contributed by atoms with van der Waals surface area (Å²) in [6.45, 7) is 0. The lowest BCUT2D eigenvalue weighted by atomic mass is 10.2. The maximum absolute atomic E-state index is 10.9. The van der Waals surface area contributed by atoms with Gasteiger partial charge in [-0.2, -0.15) is 5.26 Å². The summed E-state index contributed by atoms with van der Waals surface area (Å²) in [4.78, 5) is 10.4. The Bertz CT molecular complexity index is 680. The van der Waals surface area contributed by atoms with Crippen LogP contribution in [0.2, 0.25) is 0 Å². The Morgan fingerprint density at radius 1 is 1.21 bits per heavy atom. The number of nitro groups is 1. The van der Waals surface area contributed by atoms with E-state index in [1.807, 2.05) is 6.07 Å². The second kappa shape index (κ2) is 5.50. The highest BCUT2D eigenvalue weighted by Crippen LogP contribution is 2.35. The lowest BCUT2D eigenvalue weighted by molar-refractivity contribution is -0.385. The maximum Gasteiger partial charge on any atom is 0.311 e. The molecule has 0 amide bonds. The second-order valence-electron chi connectivity index (χ2n) is 3.58. The number of benzene rings is 2. The monoisotopic (exact) mass is 318 g/mol. The first-order chi connectivity index (χ1) is 9.11. The van der Waals surface area contributed by atoms with Gasteiger partial charge in [-0.05, 0) is 34.1 Å². The van der Waals surface area contributed by atoms with E-state index in [0.29, 0.717) is 15.8 Å². The van der Waals surface area contributed by atoms with Crippen LogP contribution in [0.25, 0.3) is 0 Å². The number of rotatable bonds is 3. The molecule has 94 valence electrons. The molecule has 2 rings (SSSR count). The average molecular weight is 319 g/mol. The molecule has 0 heterocycles. The Kier molecular flexibility index (Phi) is 3.78. The predicted molar refractivity (Wildman–Crippen MR) is 72.0 cm³/mol. The number of ether oxygens (including phenoxy) is 1.